The second kappa shape index (κ2) is 6.00. The minimum Gasteiger partial charge on any atom is -0.328 e. The molecule has 19 heavy (non-hydrogen) atoms. The maximum atomic E-state index is 12.6. The Balaban J connectivity index is 1.81. The molecule has 0 radical (unpaired) electrons. The van der Waals surface area contributed by atoms with Crippen LogP contribution < -0.4 is 5.73 Å². The third kappa shape index (κ3) is 3.85. The molecule has 5 heteroatoms. The van der Waals surface area contributed by atoms with Gasteiger partial charge in [-0.15, -0.1) is 0 Å². The van der Waals surface area contributed by atoms with E-state index in [2.05, 4.69) is 11.9 Å². The van der Waals surface area contributed by atoms with Gasteiger partial charge in [-0.2, -0.15) is 13.2 Å². The first-order valence-electron chi connectivity index (χ1n) is 7.42. The maximum absolute atomic E-state index is 12.6. The van der Waals surface area contributed by atoms with Gasteiger partial charge in [-0.25, -0.2) is 0 Å². The molecule has 2 N–H and O–H groups in total. The number of nitrogens with zero attached hydrogens (tertiary/aromatic N) is 1. The van der Waals surface area contributed by atoms with E-state index in [1.54, 1.807) is 0 Å². The van der Waals surface area contributed by atoms with E-state index in [0.29, 0.717) is 43.8 Å². The Hall–Kier alpha value is -0.290. The summed E-state index contributed by atoms with van der Waals surface area (Å²) in [6, 6.07) is 1.18. The van der Waals surface area contributed by atoms with E-state index in [0.717, 1.165) is 25.7 Å². The second-order valence-electron chi connectivity index (χ2n) is 6.28. The van der Waals surface area contributed by atoms with Gasteiger partial charge in [0.25, 0.3) is 0 Å². The van der Waals surface area contributed by atoms with E-state index in [-0.39, 0.29) is 0 Å². The summed E-state index contributed by atoms with van der Waals surface area (Å²) in [6.45, 7) is 0. The van der Waals surface area contributed by atoms with E-state index in [1.165, 1.54) is 0 Å². The van der Waals surface area contributed by atoms with Gasteiger partial charge in [-0.3, -0.25) is 0 Å². The standard InChI is InChI=1S/C14H25F3N2/c1-19(13-8-4-11(18)5-9-13)12-6-2-10(3-7-12)14(15,16)17/h10-13H,2-9,18H2,1H3. The van der Waals surface area contributed by atoms with Crippen molar-refractivity contribution in [2.75, 3.05) is 7.05 Å². The Morgan fingerprint density at radius 2 is 1.26 bits per heavy atom. The molecule has 2 aliphatic carbocycles. The summed E-state index contributed by atoms with van der Waals surface area (Å²) in [7, 11) is 2.08. The number of alkyl halides is 3. The fraction of sp³-hybridized carbons (Fsp3) is 1.00. The van der Waals surface area contributed by atoms with Crippen LogP contribution >= 0.6 is 0 Å². The van der Waals surface area contributed by atoms with Gasteiger partial charge in [-0.1, -0.05) is 0 Å². The van der Waals surface area contributed by atoms with E-state index in [4.69, 9.17) is 5.73 Å². The normalized spacial score (nSPS) is 37.6. The molecule has 0 aromatic rings. The summed E-state index contributed by atoms with van der Waals surface area (Å²) in [5.74, 6) is -1.07. The van der Waals surface area contributed by atoms with Crippen LogP contribution in [0.15, 0.2) is 0 Å². The molecule has 0 heterocycles. The first-order chi connectivity index (χ1) is 8.88. The number of rotatable bonds is 2. The fourth-order valence-electron chi connectivity index (χ4n) is 3.62. The van der Waals surface area contributed by atoms with Gasteiger partial charge in [0.15, 0.2) is 0 Å². The molecule has 0 unspecified atom stereocenters. The molecule has 0 aromatic heterocycles. The highest BCUT2D eigenvalue weighted by atomic mass is 19.4. The molecule has 0 bridgehead atoms. The summed E-state index contributed by atoms with van der Waals surface area (Å²) in [5.41, 5.74) is 5.90. The summed E-state index contributed by atoms with van der Waals surface area (Å²) in [5, 5.41) is 0. The van der Waals surface area contributed by atoms with Crippen LogP contribution in [-0.4, -0.2) is 36.2 Å². The number of hydrogen-bond donors (Lipinski definition) is 1. The van der Waals surface area contributed by atoms with Crippen LogP contribution in [0.2, 0.25) is 0 Å². The first-order valence-corrected chi connectivity index (χ1v) is 7.42. The van der Waals surface area contributed by atoms with Crippen molar-refractivity contribution >= 4 is 0 Å². The smallest absolute Gasteiger partial charge is 0.328 e. The Bertz CT molecular complexity index is 277. The summed E-state index contributed by atoms with van der Waals surface area (Å²) in [6.07, 6.45) is 2.25. The molecule has 2 saturated carbocycles. The Labute approximate surface area is 113 Å². The van der Waals surface area contributed by atoms with Crippen molar-refractivity contribution in [3.63, 3.8) is 0 Å². The lowest BCUT2D eigenvalue weighted by Crippen LogP contribution is -2.46. The van der Waals surface area contributed by atoms with Crippen LogP contribution in [0.5, 0.6) is 0 Å². The second-order valence-corrected chi connectivity index (χ2v) is 6.28. The third-order valence-electron chi connectivity index (χ3n) is 5.05. The SMILES string of the molecule is CN(C1CCC(N)CC1)C1CCC(C(F)(F)F)CC1. The maximum Gasteiger partial charge on any atom is 0.391 e. The fourth-order valence-corrected chi connectivity index (χ4v) is 3.62. The predicted octanol–water partition coefficient (Wildman–Crippen LogP) is 3.31. The molecule has 2 rings (SSSR count). The van der Waals surface area contributed by atoms with Gasteiger partial charge in [0.05, 0.1) is 5.92 Å². The molecule has 0 aromatic carbocycles. The van der Waals surface area contributed by atoms with E-state index in [1.807, 2.05) is 0 Å². The zero-order chi connectivity index (χ0) is 14.0. The topological polar surface area (TPSA) is 29.3 Å². The van der Waals surface area contributed by atoms with Gasteiger partial charge in [0.1, 0.15) is 0 Å². The number of hydrogen-bond acceptors (Lipinski definition) is 2. The lowest BCUT2D eigenvalue weighted by molar-refractivity contribution is -0.184. The number of nitrogens with two attached hydrogens (primary N) is 1. The molecule has 0 spiro atoms. The molecule has 0 amide bonds. The summed E-state index contributed by atoms with van der Waals surface area (Å²) >= 11 is 0. The van der Waals surface area contributed by atoms with E-state index < -0.39 is 12.1 Å². The zero-order valence-electron chi connectivity index (χ0n) is 11.6. The zero-order valence-corrected chi connectivity index (χ0v) is 11.6. The summed E-state index contributed by atoms with van der Waals surface area (Å²) in [4.78, 5) is 2.33. The van der Waals surface area contributed by atoms with E-state index in [9.17, 15) is 13.2 Å². The van der Waals surface area contributed by atoms with Crippen molar-refractivity contribution in [2.24, 2.45) is 11.7 Å². The highest BCUT2D eigenvalue weighted by Gasteiger charge is 2.42. The van der Waals surface area contributed by atoms with Gasteiger partial charge >= 0.3 is 6.18 Å². The van der Waals surface area contributed by atoms with Crippen LogP contribution in [0.4, 0.5) is 13.2 Å². The van der Waals surface area contributed by atoms with Crippen LogP contribution in [0.3, 0.4) is 0 Å². The van der Waals surface area contributed by atoms with Gasteiger partial charge in [0.2, 0.25) is 0 Å². The molecule has 2 nitrogen and oxygen atoms in total. The van der Waals surface area contributed by atoms with Crippen molar-refractivity contribution < 1.29 is 13.2 Å². The first kappa shape index (κ1) is 15.1. The lowest BCUT2D eigenvalue weighted by Gasteiger charge is -2.41. The van der Waals surface area contributed by atoms with Crippen molar-refractivity contribution in [1.29, 1.82) is 0 Å². The van der Waals surface area contributed by atoms with Crippen LogP contribution in [0.25, 0.3) is 0 Å². The minimum atomic E-state index is -4.00. The van der Waals surface area contributed by atoms with Crippen molar-refractivity contribution in [3.05, 3.63) is 0 Å². The van der Waals surface area contributed by atoms with Crippen LogP contribution in [-0.2, 0) is 0 Å². The average Bonchev–Trinajstić information content (AvgIpc) is 2.38. The Morgan fingerprint density at radius 3 is 1.68 bits per heavy atom. The third-order valence-corrected chi connectivity index (χ3v) is 5.05. The van der Waals surface area contributed by atoms with Crippen LogP contribution in [0, 0.1) is 5.92 Å². The molecule has 0 aliphatic heterocycles. The molecule has 0 atom stereocenters. The molecular formula is C14H25F3N2. The van der Waals surface area contributed by atoms with Crippen LogP contribution in [0.1, 0.15) is 51.4 Å². The van der Waals surface area contributed by atoms with Crippen molar-refractivity contribution in [1.82, 2.24) is 4.90 Å². The van der Waals surface area contributed by atoms with Crippen molar-refractivity contribution in [3.8, 4) is 0 Å². The highest BCUT2D eigenvalue weighted by molar-refractivity contribution is 4.87. The Kier molecular flexibility index (Phi) is 4.77. The molecule has 2 aliphatic rings. The van der Waals surface area contributed by atoms with E-state index >= 15 is 0 Å². The summed E-state index contributed by atoms with van der Waals surface area (Å²) < 4.78 is 37.9. The molecule has 0 saturated heterocycles. The van der Waals surface area contributed by atoms with Crippen molar-refractivity contribution in [2.45, 2.75) is 75.7 Å². The lowest BCUT2D eigenvalue weighted by atomic mass is 9.83. The molecular weight excluding hydrogens is 253 g/mol. The average molecular weight is 278 g/mol. The van der Waals surface area contributed by atoms with Gasteiger partial charge in [0, 0.05) is 18.1 Å². The quantitative estimate of drug-likeness (QED) is 0.839. The number of halogens is 3. The minimum absolute atomic E-state index is 0.296. The van der Waals surface area contributed by atoms with Gasteiger partial charge in [-0.05, 0) is 58.4 Å². The molecule has 112 valence electrons. The largest absolute Gasteiger partial charge is 0.391 e. The molecule has 2 fully saturated rings. The monoisotopic (exact) mass is 278 g/mol. The van der Waals surface area contributed by atoms with Gasteiger partial charge < -0.3 is 10.6 Å². The highest BCUT2D eigenvalue weighted by Crippen LogP contribution is 2.39. The predicted molar refractivity (Wildman–Crippen MR) is 69.8 cm³/mol. The Morgan fingerprint density at radius 1 is 0.842 bits per heavy atom.